The molecule has 2 aromatic carbocycles. The smallest absolute Gasteiger partial charge is 0.408 e. The molecule has 8 rings (SSSR count). The first-order valence-electron chi connectivity index (χ1n) is 33.9. The van der Waals surface area contributed by atoms with Crippen LogP contribution < -0.4 is 11.1 Å². The summed E-state index contributed by atoms with van der Waals surface area (Å²) in [6.45, 7) is 0.916. The van der Waals surface area contributed by atoms with E-state index in [0.717, 1.165) is 0 Å². The van der Waals surface area contributed by atoms with Gasteiger partial charge in [0.2, 0.25) is 0 Å². The molecule has 2 aromatic heterocycles. The van der Waals surface area contributed by atoms with Gasteiger partial charge >= 0.3 is 6.09 Å². The van der Waals surface area contributed by atoms with Gasteiger partial charge in [-0.3, -0.25) is 9.80 Å². The molecule has 1 amide bonds. The SMILES string of the molecule is [2H]c1c([2H])c([2H])c([C@@]([2H])(N)C([2H])([2H])C([2H])([2H])N2C3CCC2CC(n2c(C(C)C)nnc2C([2H])([2H])[2H])C3)c([2H])c1[2H].[2H]c1c([2H])c([2H])c([C@@]([2H])(NC(=O)OC(C)(C)C)C([2H])([2H])C([2H])([2H])N2C3CCC2CC(n2c(C(C)C)nnc2C([2H])([2H])[2H])C3)c([2H])c1[2H]. The van der Waals surface area contributed by atoms with Gasteiger partial charge in [-0.05, 0) is 110 Å². The third-order valence-electron chi connectivity index (χ3n) is 11.4. The van der Waals surface area contributed by atoms with E-state index in [0.29, 0.717) is 37.3 Å². The van der Waals surface area contributed by atoms with Crippen LogP contribution in [-0.2, 0) is 4.74 Å². The summed E-state index contributed by atoms with van der Waals surface area (Å²) in [7, 11) is 0. The van der Waals surface area contributed by atoms with Gasteiger partial charge < -0.3 is 24.9 Å². The Bertz CT molecular complexity index is 3180. The lowest BCUT2D eigenvalue weighted by Gasteiger charge is -2.40. The molecule has 0 radical (unpaired) electrons. The second-order valence-electron chi connectivity index (χ2n) is 17.5. The number of rotatable bonds is 13. The van der Waals surface area contributed by atoms with E-state index in [-0.39, 0.29) is 55.2 Å². The van der Waals surface area contributed by atoms with Crippen molar-refractivity contribution in [3.8, 4) is 0 Å². The Kier molecular flexibility index (Phi) is 7.19. The first-order valence-corrected chi connectivity index (χ1v) is 20.9. The van der Waals surface area contributed by atoms with Crippen molar-refractivity contribution in [3.63, 3.8) is 0 Å². The fourth-order valence-electron chi connectivity index (χ4n) is 8.83. The summed E-state index contributed by atoms with van der Waals surface area (Å²) < 4.78 is 228. The van der Waals surface area contributed by atoms with E-state index in [9.17, 15) is 11.6 Å². The molecule has 4 unspecified atom stereocenters. The molecule has 4 bridgehead atoms. The number of amides is 1. The number of aryl methyl sites for hydroxylation is 2. The number of benzene rings is 2. The highest BCUT2D eigenvalue weighted by Crippen LogP contribution is 2.44. The third-order valence-corrected chi connectivity index (χ3v) is 11.4. The van der Waals surface area contributed by atoms with Gasteiger partial charge in [-0.25, -0.2) is 4.79 Å². The molecule has 4 aliphatic heterocycles. The second kappa shape index (κ2) is 19.5. The minimum absolute atomic E-state index is 0.127. The summed E-state index contributed by atoms with van der Waals surface area (Å²) in [4.78, 5) is 15.7. The maximum absolute atomic E-state index is 13.1. The number of ether oxygens (including phenoxy) is 1. The van der Waals surface area contributed by atoms with Crippen molar-refractivity contribution in [3.05, 3.63) is 94.8 Å². The van der Waals surface area contributed by atoms with Crippen LogP contribution in [0.2, 0.25) is 0 Å². The van der Waals surface area contributed by atoms with Crippen LogP contribution in [0.15, 0.2) is 60.4 Å². The van der Waals surface area contributed by atoms with Crippen LogP contribution in [0.5, 0.6) is 0 Å². The summed E-state index contributed by atoms with van der Waals surface area (Å²) in [6.07, 6.45) is -5.31. The van der Waals surface area contributed by atoms with Crippen molar-refractivity contribution < 1.29 is 45.2 Å². The van der Waals surface area contributed by atoms with E-state index >= 15 is 0 Å². The number of hydrogen-bond acceptors (Lipinski definition) is 9. The van der Waals surface area contributed by atoms with Gasteiger partial charge in [-0.2, -0.15) is 0 Å². The van der Waals surface area contributed by atoms with Crippen molar-refractivity contribution in [1.82, 2.24) is 44.6 Å². The van der Waals surface area contributed by atoms with Crippen LogP contribution >= 0.6 is 0 Å². The Labute approximate surface area is 401 Å². The fourth-order valence-corrected chi connectivity index (χ4v) is 8.83. The quantitative estimate of drug-likeness (QED) is 0.135. The number of nitrogens with two attached hydrogens (primary N) is 1. The molecule has 0 saturated carbocycles. The molecule has 4 aliphatic rings. The zero-order chi connectivity index (χ0) is 66.1. The fraction of sp³-hybridized carbons (Fsp3) is 0.653. The standard InChI is InChI=1S/C27H41N5O2.C22H33N5/c1-18(2)25-30-29-19(3)32(25)23-16-21-12-13-22(17-23)31(21)15-14-24(20-10-8-7-9-11-20)28-26(33)34-27(4,5)6;1-15(2)22-25-24-16(3)27(22)20-13-18-9-10-19(14-20)26(18)12-11-21(23)17-7-5-4-6-8-17/h7-11,18,21-24H,12-17H2,1-6H3,(H,28,33);4-8,15,18-21H,9-14,23H2,1-3H3/t21?,22?,23?,24-;18?,19?,20?,21-/m00/s1/i3D3,7D,8D,9D,10D,11D,14D2,15D2,24D;3D3,4D,5D,6D,7D,8D,11D2,12D2,21D. The molecule has 6 heterocycles. The van der Waals surface area contributed by atoms with E-state index in [4.69, 9.17) is 39.3 Å². The minimum atomic E-state index is -3.47. The number of piperidine rings is 2. The topological polar surface area (TPSA) is 132 Å². The Morgan fingerprint density at radius 1 is 0.738 bits per heavy atom. The van der Waals surface area contributed by atoms with E-state index in [1.165, 1.54) is 30.6 Å². The van der Waals surface area contributed by atoms with Gasteiger partial charge in [0.05, 0.1) is 22.5 Å². The number of nitrogens with zero attached hydrogens (tertiary/aromatic N) is 8. The molecule has 0 spiro atoms. The molecule has 4 aromatic rings. The van der Waals surface area contributed by atoms with Gasteiger partial charge in [-0.1, -0.05) is 88.1 Å². The predicted octanol–water partition coefficient (Wildman–Crippen LogP) is 9.50. The molecular weight excluding hydrogens is 761 g/mol. The summed E-state index contributed by atoms with van der Waals surface area (Å²) in [5.41, 5.74) is 3.18. The maximum atomic E-state index is 13.1. The number of carbonyl (C=O) groups excluding carboxylic acids is 1. The lowest BCUT2D eigenvalue weighted by atomic mass is 9.95. The zero-order valence-corrected chi connectivity index (χ0v) is 35.7. The highest BCUT2D eigenvalue weighted by molar-refractivity contribution is 5.68. The number of carbonyl (C=O) groups is 1. The molecule has 332 valence electrons. The van der Waals surface area contributed by atoms with Crippen molar-refractivity contribution in [1.29, 1.82) is 0 Å². The van der Waals surface area contributed by atoms with Gasteiger partial charge in [-0.15, -0.1) is 20.4 Å². The van der Waals surface area contributed by atoms with Crippen LogP contribution in [0, 0.1) is 13.7 Å². The monoisotopic (exact) mass is 861 g/mol. The maximum Gasteiger partial charge on any atom is 0.408 e. The van der Waals surface area contributed by atoms with Crippen molar-refractivity contribution in [2.24, 2.45) is 5.73 Å². The minimum Gasteiger partial charge on any atom is -0.444 e. The molecule has 61 heavy (non-hydrogen) atoms. The summed E-state index contributed by atoms with van der Waals surface area (Å²) in [6, 6.07) is -18.2. The van der Waals surface area contributed by atoms with Crippen molar-refractivity contribution in [2.75, 3.05) is 13.0 Å². The number of fused-ring (bicyclic) bond motifs is 4. The first kappa shape index (κ1) is 22.5. The Morgan fingerprint density at radius 3 is 1.57 bits per heavy atom. The van der Waals surface area contributed by atoms with Crippen LogP contribution in [0.3, 0.4) is 0 Å². The predicted molar refractivity (Wildman–Crippen MR) is 242 cm³/mol. The molecule has 12 heteroatoms. The number of alkyl carbamates (subject to hydrolysis) is 1. The van der Waals surface area contributed by atoms with E-state index in [2.05, 4.69) is 20.4 Å². The zero-order valence-electron chi connectivity index (χ0n) is 61.7. The summed E-state index contributed by atoms with van der Waals surface area (Å²) in [5.74, 6) is 0.315. The summed E-state index contributed by atoms with van der Waals surface area (Å²) in [5, 5.41) is 18.2. The van der Waals surface area contributed by atoms with Crippen molar-refractivity contribution in [2.45, 2.75) is 192 Å². The molecule has 4 saturated heterocycles. The number of aromatic nitrogens is 6. The highest BCUT2D eigenvalue weighted by atomic mass is 16.6. The number of hydrogen-bond donors (Lipinski definition) is 2. The van der Waals surface area contributed by atoms with Crippen molar-refractivity contribution >= 4 is 6.09 Å². The average Bonchev–Trinajstić information content (AvgIpc) is 1.59. The number of nitrogens with one attached hydrogen (secondary N) is 1. The Balaban J connectivity index is 0.000000252. The lowest BCUT2D eigenvalue weighted by Crippen LogP contribution is -2.45. The molecule has 12 nitrogen and oxygen atoms in total. The Hall–Kier alpha value is -4.13. The highest BCUT2D eigenvalue weighted by Gasteiger charge is 2.43. The van der Waals surface area contributed by atoms with E-state index < -0.39 is 165 Å². The molecule has 3 N–H and O–H groups in total. The van der Waals surface area contributed by atoms with Crippen LogP contribution in [0.25, 0.3) is 0 Å². The third kappa shape index (κ3) is 10.7. The van der Waals surface area contributed by atoms with Crippen LogP contribution in [0.1, 0.15) is 219 Å². The second-order valence-corrected chi connectivity index (χ2v) is 17.5. The molecule has 0 aliphatic carbocycles. The Morgan fingerprint density at radius 2 is 1.16 bits per heavy atom. The van der Waals surface area contributed by atoms with Gasteiger partial charge in [0.25, 0.3) is 0 Å². The van der Waals surface area contributed by atoms with E-state index in [1.807, 2.05) is 33.0 Å². The van der Waals surface area contributed by atoms with Gasteiger partial charge in [0, 0.05) is 86.3 Å². The first-order chi connectivity index (χ1) is 39.4. The summed E-state index contributed by atoms with van der Waals surface area (Å²) >= 11 is 0. The molecule has 4 fully saturated rings. The van der Waals surface area contributed by atoms with Crippen LogP contribution in [-0.4, -0.2) is 88.2 Å². The molecular formula is C49H74N10O2. The van der Waals surface area contributed by atoms with E-state index in [1.54, 1.807) is 9.13 Å². The average molecular weight is 861 g/mol. The van der Waals surface area contributed by atoms with Gasteiger partial charge in [0.15, 0.2) is 0 Å². The largest absolute Gasteiger partial charge is 0.444 e. The van der Waals surface area contributed by atoms with Gasteiger partial charge in [0.1, 0.15) is 28.9 Å². The van der Waals surface area contributed by atoms with Crippen LogP contribution in [0.4, 0.5) is 4.79 Å². The molecule has 6 atom stereocenters. The lowest BCUT2D eigenvalue weighted by molar-refractivity contribution is 0.0488. The normalized spacial score (nSPS) is 33.6.